The molecule has 1 aliphatic rings. The third-order valence-electron chi connectivity index (χ3n) is 3.90. The molecule has 1 aromatic rings. The molecule has 9 heteroatoms. The number of nitrogens with one attached hydrogen (secondary N) is 1. The van der Waals surface area contributed by atoms with Crippen molar-refractivity contribution in [2.45, 2.75) is 24.7 Å². The number of hydrogen-bond acceptors (Lipinski definition) is 5. The van der Waals surface area contributed by atoms with E-state index in [4.69, 9.17) is 5.73 Å². The fourth-order valence-electron chi connectivity index (χ4n) is 2.64. The number of anilines is 1. The molecule has 1 aromatic heterocycles. The van der Waals surface area contributed by atoms with Crippen molar-refractivity contribution in [3.63, 3.8) is 0 Å². The number of piperidine rings is 1. The Balaban J connectivity index is 2.33. The molecular weight excluding hydrogens is 294 g/mol. The highest BCUT2D eigenvalue weighted by molar-refractivity contribution is 7.89. The van der Waals surface area contributed by atoms with Crippen molar-refractivity contribution < 1.29 is 13.2 Å². The lowest BCUT2D eigenvalue weighted by Gasteiger charge is -2.30. The third kappa shape index (κ3) is 2.75. The minimum absolute atomic E-state index is 0.00272. The molecule has 1 unspecified atom stereocenters. The Bertz CT molecular complexity index is 652. The smallest absolute Gasteiger partial charge is 0.248 e. The summed E-state index contributed by atoms with van der Waals surface area (Å²) in [5, 5.41) is 6.52. The molecule has 0 radical (unpaired) electrons. The Kier molecular flexibility index (Phi) is 4.24. The molecular formula is C12H21N5O3S. The van der Waals surface area contributed by atoms with Gasteiger partial charge in [0.2, 0.25) is 15.9 Å². The van der Waals surface area contributed by atoms with Crippen LogP contribution in [0.4, 0.5) is 5.82 Å². The average molecular weight is 315 g/mol. The van der Waals surface area contributed by atoms with Gasteiger partial charge in [-0.2, -0.15) is 9.40 Å². The van der Waals surface area contributed by atoms with Crippen LogP contribution < -0.4 is 11.1 Å². The highest BCUT2D eigenvalue weighted by Gasteiger charge is 2.36. The second-order valence-electron chi connectivity index (χ2n) is 5.24. The zero-order chi connectivity index (χ0) is 15.8. The van der Waals surface area contributed by atoms with Crippen LogP contribution in [0.2, 0.25) is 0 Å². The number of aromatic nitrogens is 2. The van der Waals surface area contributed by atoms with Crippen LogP contribution in [0, 0.1) is 12.8 Å². The van der Waals surface area contributed by atoms with Gasteiger partial charge in [0.1, 0.15) is 4.90 Å². The number of nitrogen functional groups attached to an aromatic ring is 1. The Labute approximate surface area is 124 Å². The van der Waals surface area contributed by atoms with E-state index in [0.29, 0.717) is 25.1 Å². The van der Waals surface area contributed by atoms with Crippen molar-refractivity contribution in [3.8, 4) is 0 Å². The first-order valence-corrected chi connectivity index (χ1v) is 8.23. The summed E-state index contributed by atoms with van der Waals surface area (Å²) in [6.07, 6.45) is 1.34. The molecule has 1 saturated heterocycles. The van der Waals surface area contributed by atoms with E-state index in [0.717, 1.165) is 0 Å². The summed E-state index contributed by atoms with van der Waals surface area (Å²) in [5.41, 5.74) is 6.23. The van der Waals surface area contributed by atoms with Gasteiger partial charge in [-0.25, -0.2) is 8.42 Å². The zero-order valence-corrected chi connectivity index (χ0v) is 13.3. The molecule has 3 N–H and O–H groups in total. The highest BCUT2D eigenvalue weighted by Crippen LogP contribution is 2.28. The number of amides is 1. The van der Waals surface area contributed by atoms with Crippen LogP contribution in [0.5, 0.6) is 0 Å². The molecule has 0 bridgehead atoms. The van der Waals surface area contributed by atoms with Crippen molar-refractivity contribution >= 4 is 21.7 Å². The highest BCUT2D eigenvalue weighted by atomic mass is 32.2. The predicted octanol–water partition coefficient (Wildman–Crippen LogP) is -0.543. The summed E-state index contributed by atoms with van der Waals surface area (Å²) < 4.78 is 28.3. The maximum Gasteiger partial charge on any atom is 0.248 e. The van der Waals surface area contributed by atoms with E-state index >= 15 is 0 Å². The monoisotopic (exact) mass is 315 g/mol. The first kappa shape index (κ1) is 15.8. The van der Waals surface area contributed by atoms with Gasteiger partial charge in [0.15, 0.2) is 5.82 Å². The molecule has 0 aromatic carbocycles. The normalized spacial score (nSPS) is 20.4. The molecule has 2 heterocycles. The molecule has 1 aliphatic heterocycles. The fourth-order valence-corrected chi connectivity index (χ4v) is 4.46. The first-order valence-electron chi connectivity index (χ1n) is 6.79. The Morgan fingerprint density at radius 1 is 1.48 bits per heavy atom. The number of aryl methyl sites for hydroxylation is 1. The minimum atomic E-state index is -3.73. The lowest BCUT2D eigenvalue weighted by molar-refractivity contribution is -0.125. The lowest BCUT2D eigenvalue weighted by atomic mass is 9.99. The number of carbonyl (C=O) groups is 1. The van der Waals surface area contributed by atoms with Crippen LogP contribution in [0.15, 0.2) is 4.90 Å². The van der Waals surface area contributed by atoms with Crippen molar-refractivity contribution in [3.05, 3.63) is 5.69 Å². The second kappa shape index (κ2) is 5.64. The molecule has 1 amide bonds. The van der Waals surface area contributed by atoms with E-state index in [2.05, 4.69) is 10.4 Å². The summed E-state index contributed by atoms with van der Waals surface area (Å²) in [6, 6.07) is 0. The Morgan fingerprint density at radius 3 is 2.67 bits per heavy atom. The van der Waals surface area contributed by atoms with Gasteiger partial charge >= 0.3 is 0 Å². The van der Waals surface area contributed by atoms with Crippen LogP contribution >= 0.6 is 0 Å². The number of nitrogens with zero attached hydrogens (tertiary/aromatic N) is 3. The fraction of sp³-hybridized carbons (Fsp3) is 0.667. The Hall–Kier alpha value is -1.61. The third-order valence-corrected chi connectivity index (χ3v) is 5.94. The molecule has 1 fully saturated rings. The van der Waals surface area contributed by atoms with Gasteiger partial charge in [-0.1, -0.05) is 0 Å². The van der Waals surface area contributed by atoms with Crippen molar-refractivity contribution in [1.29, 1.82) is 0 Å². The molecule has 8 nitrogen and oxygen atoms in total. The second-order valence-corrected chi connectivity index (χ2v) is 7.11. The van der Waals surface area contributed by atoms with E-state index < -0.39 is 10.0 Å². The van der Waals surface area contributed by atoms with Crippen molar-refractivity contribution in [2.24, 2.45) is 13.0 Å². The number of nitrogens with two attached hydrogens (primary N) is 1. The quantitative estimate of drug-likeness (QED) is 0.778. The van der Waals surface area contributed by atoms with E-state index in [1.54, 1.807) is 21.0 Å². The molecule has 2 rings (SSSR count). The van der Waals surface area contributed by atoms with Crippen LogP contribution in [0.25, 0.3) is 0 Å². The minimum Gasteiger partial charge on any atom is -0.381 e. The van der Waals surface area contributed by atoms with Crippen LogP contribution in [0.3, 0.4) is 0 Å². The summed E-state index contributed by atoms with van der Waals surface area (Å²) in [5.74, 6) is -0.459. The van der Waals surface area contributed by atoms with Gasteiger partial charge < -0.3 is 11.1 Å². The number of sulfonamides is 1. The molecule has 0 saturated carbocycles. The van der Waals surface area contributed by atoms with E-state index in [-0.39, 0.29) is 29.1 Å². The van der Waals surface area contributed by atoms with Gasteiger partial charge in [0.25, 0.3) is 0 Å². The predicted molar refractivity (Wildman–Crippen MR) is 77.9 cm³/mol. The van der Waals surface area contributed by atoms with Gasteiger partial charge in [0, 0.05) is 27.2 Å². The topological polar surface area (TPSA) is 110 Å². The summed E-state index contributed by atoms with van der Waals surface area (Å²) >= 11 is 0. The van der Waals surface area contributed by atoms with Gasteiger partial charge in [0.05, 0.1) is 11.6 Å². The maximum absolute atomic E-state index is 12.8. The number of carbonyl (C=O) groups excluding carboxylic acids is 1. The largest absolute Gasteiger partial charge is 0.381 e. The summed E-state index contributed by atoms with van der Waals surface area (Å²) in [6.45, 7) is 2.23. The first-order chi connectivity index (χ1) is 9.78. The Morgan fingerprint density at radius 2 is 2.14 bits per heavy atom. The molecule has 0 aliphatic carbocycles. The molecule has 21 heavy (non-hydrogen) atoms. The van der Waals surface area contributed by atoms with Gasteiger partial charge in [-0.15, -0.1) is 0 Å². The summed E-state index contributed by atoms with van der Waals surface area (Å²) in [7, 11) is -0.531. The summed E-state index contributed by atoms with van der Waals surface area (Å²) in [4.78, 5) is 11.8. The van der Waals surface area contributed by atoms with E-state index in [9.17, 15) is 13.2 Å². The molecule has 118 valence electrons. The van der Waals surface area contributed by atoms with Crippen LogP contribution in [-0.2, 0) is 21.9 Å². The van der Waals surface area contributed by atoms with Gasteiger partial charge in [-0.05, 0) is 19.8 Å². The number of rotatable bonds is 3. The van der Waals surface area contributed by atoms with Gasteiger partial charge in [-0.3, -0.25) is 9.48 Å². The van der Waals surface area contributed by atoms with Crippen molar-refractivity contribution in [1.82, 2.24) is 19.4 Å². The average Bonchev–Trinajstić information content (AvgIpc) is 2.71. The number of hydrogen-bond donors (Lipinski definition) is 2. The molecule has 0 spiro atoms. The van der Waals surface area contributed by atoms with E-state index in [1.165, 1.54) is 8.99 Å². The van der Waals surface area contributed by atoms with Crippen LogP contribution in [0.1, 0.15) is 18.5 Å². The zero-order valence-electron chi connectivity index (χ0n) is 12.5. The van der Waals surface area contributed by atoms with Crippen LogP contribution in [-0.4, -0.2) is 48.5 Å². The van der Waals surface area contributed by atoms with E-state index in [1.807, 2.05) is 0 Å². The molecule has 1 atom stereocenters. The lowest BCUT2D eigenvalue weighted by Crippen LogP contribution is -2.44. The SMILES string of the molecule is CNC(=O)C1CCCN(S(=O)(=O)c2c(N)nn(C)c2C)C1. The van der Waals surface area contributed by atoms with Crippen molar-refractivity contribution in [2.75, 3.05) is 25.9 Å². The maximum atomic E-state index is 12.8. The standard InChI is InChI=1S/C12H21N5O3S/c1-8-10(11(13)15-16(8)3)21(19,20)17-6-4-5-9(7-17)12(18)14-2/h9H,4-7H2,1-3H3,(H2,13,15)(H,14,18).